The van der Waals surface area contributed by atoms with E-state index in [9.17, 15) is 15.0 Å². The van der Waals surface area contributed by atoms with E-state index in [1.54, 1.807) is 24.3 Å². The fraction of sp³-hybridized carbons (Fsp3) is 0.378. The molecule has 1 atom stereocenters. The molecule has 0 unspecified atom stereocenters. The molecule has 42 heavy (non-hydrogen) atoms. The maximum atomic E-state index is 12.7. The molecule has 0 saturated carbocycles. The highest BCUT2D eigenvalue weighted by Gasteiger charge is 2.11. The Morgan fingerprint density at radius 3 is 2.62 bits per heavy atom. The van der Waals surface area contributed by atoms with Gasteiger partial charge in [0.25, 0.3) is 0 Å². The van der Waals surface area contributed by atoms with Crippen LogP contribution in [0.3, 0.4) is 0 Å². The van der Waals surface area contributed by atoms with Gasteiger partial charge in [0.2, 0.25) is 0 Å². The van der Waals surface area contributed by atoms with Crippen LogP contribution in [0.25, 0.3) is 22.0 Å². The number of ether oxygens (including phenoxy) is 1. The lowest BCUT2D eigenvalue weighted by Crippen LogP contribution is -2.04. The van der Waals surface area contributed by atoms with Gasteiger partial charge in [-0.2, -0.15) is 0 Å². The number of rotatable bonds is 16. The molecule has 4 aromatic rings. The van der Waals surface area contributed by atoms with E-state index in [0.29, 0.717) is 43.5 Å². The third-order valence-electron chi connectivity index (χ3n) is 7.87. The summed E-state index contributed by atoms with van der Waals surface area (Å²) in [5.41, 5.74) is 5.04. The zero-order chi connectivity index (χ0) is 29.9. The molecule has 0 fully saturated rings. The first-order chi connectivity index (χ1) is 20.3. The lowest BCUT2D eigenvalue weighted by atomic mass is 9.92. The number of aromatic amines is 1. The zero-order valence-corrected chi connectivity index (χ0v) is 25.2. The summed E-state index contributed by atoms with van der Waals surface area (Å²) in [6.45, 7) is 7.06. The van der Waals surface area contributed by atoms with Gasteiger partial charge in [0.15, 0.2) is 17.3 Å². The monoisotopic (exact) mass is 567 g/mol. The number of H-pyrrole nitrogens is 1. The second-order valence-corrected chi connectivity index (χ2v) is 11.7. The number of aryl methyl sites for hydroxylation is 1. The molecule has 0 aliphatic heterocycles. The highest BCUT2D eigenvalue weighted by atomic mass is 16.5. The van der Waals surface area contributed by atoms with Gasteiger partial charge in [0.1, 0.15) is 5.75 Å². The summed E-state index contributed by atoms with van der Waals surface area (Å²) >= 11 is 0. The SMILES string of the molecule is CCCC[C@H](/C=C/C(=O)CCc1ccc(O)c(OCCc2ccc(O)cc2-c2ccc3[nH]ccc3c2)c1)CCC(C)C. The lowest BCUT2D eigenvalue weighted by molar-refractivity contribution is -0.114. The molecule has 0 bridgehead atoms. The van der Waals surface area contributed by atoms with Crippen LogP contribution < -0.4 is 4.74 Å². The maximum absolute atomic E-state index is 12.7. The summed E-state index contributed by atoms with van der Waals surface area (Å²) in [4.78, 5) is 15.9. The third-order valence-corrected chi connectivity index (χ3v) is 7.87. The second kappa shape index (κ2) is 15.3. The van der Waals surface area contributed by atoms with Crippen LogP contribution in [0.4, 0.5) is 0 Å². The summed E-state index contributed by atoms with van der Waals surface area (Å²) in [5.74, 6) is 1.98. The van der Waals surface area contributed by atoms with Crippen LogP contribution in [0.2, 0.25) is 0 Å². The number of aromatic nitrogens is 1. The number of benzene rings is 3. The molecular weight excluding hydrogens is 522 g/mol. The molecule has 5 heteroatoms. The van der Waals surface area contributed by atoms with Crippen molar-refractivity contribution < 1.29 is 19.7 Å². The summed E-state index contributed by atoms with van der Waals surface area (Å²) in [5, 5.41) is 21.7. The minimum absolute atomic E-state index is 0.0812. The molecule has 0 saturated heterocycles. The minimum atomic E-state index is 0.0812. The van der Waals surface area contributed by atoms with Crippen LogP contribution in [0.1, 0.15) is 70.4 Å². The Bertz CT molecular complexity index is 1480. The normalized spacial score (nSPS) is 12.4. The lowest BCUT2D eigenvalue weighted by Gasteiger charge is -2.14. The Morgan fingerprint density at radius 2 is 1.81 bits per heavy atom. The number of phenols is 2. The van der Waals surface area contributed by atoms with E-state index in [2.05, 4.69) is 37.9 Å². The zero-order valence-electron chi connectivity index (χ0n) is 25.2. The Balaban J connectivity index is 1.34. The Labute approximate surface area is 250 Å². The van der Waals surface area contributed by atoms with Gasteiger partial charge in [-0.3, -0.25) is 4.79 Å². The average molecular weight is 568 g/mol. The molecule has 0 aliphatic rings. The van der Waals surface area contributed by atoms with E-state index < -0.39 is 0 Å². The van der Waals surface area contributed by atoms with Crippen LogP contribution in [0, 0.1) is 11.8 Å². The highest BCUT2D eigenvalue weighted by molar-refractivity contribution is 5.89. The number of aromatic hydroxyl groups is 2. The molecule has 0 amide bonds. The van der Waals surface area contributed by atoms with Crippen molar-refractivity contribution in [2.45, 2.75) is 72.1 Å². The van der Waals surface area contributed by atoms with Crippen molar-refractivity contribution in [3.63, 3.8) is 0 Å². The highest BCUT2D eigenvalue weighted by Crippen LogP contribution is 2.32. The van der Waals surface area contributed by atoms with Gasteiger partial charge < -0.3 is 19.9 Å². The number of hydrogen-bond acceptors (Lipinski definition) is 4. The number of allylic oxidation sites excluding steroid dienone is 2. The van der Waals surface area contributed by atoms with Crippen molar-refractivity contribution in [1.82, 2.24) is 4.98 Å². The van der Waals surface area contributed by atoms with Crippen molar-refractivity contribution in [3.8, 4) is 28.4 Å². The fourth-order valence-corrected chi connectivity index (χ4v) is 5.32. The molecule has 0 aliphatic carbocycles. The number of hydrogen-bond donors (Lipinski definition) is 3. The number of unbranched alkanes of at least 4 members (excludes halogenated alkanes) is 1. The van der Waals surface area contributed by atoms with Crippen LogP contribution >= 0.6 is 0 Å². The van der Waals surface area contributed by atoms with E-state index in [-0.39, 0.29) is 17.3 Å². The molecule has 3 N–H and O–H groups in total. The van der Waals surface area contributed by atoms with Gasteiger partial charge in [-0.1, -0.05) is 64.3 Å². The minimum Gasteiger partial charge on any atom is -0.508 e. The van der Waals surface area contributed by atoms with Gasteiger partial charge in [0.05, 0.1) is 6.61 Å². The first-order valence-electron chi connectivity index (χ1n) is 15.4. The van der Waals surface area contributed by atoms with Gasteiger partial charge in [-0.15, -0.1) is 0 Å². The summed E-state index contributed by atoms with van der Waals surface area (Å²) in [7, 11) is 0. The largest absolute Gasteiger partial charge is 0.508 e. The number of carbonyl (C=O) groups excluding carboxylic acids is 1. The average Bonchev–Trinajstić information content (AvgIpc) is 3.45. The van der Waals surface area contributed by atoms with Crippen LogP contribution in [-0.4, -0.2) is 27.6 Å². The van der Waals surface area contributed by atoms with Crippen LogP contribution in [-0.2, 0) is 17.6 Å². The van der Waals surface area contributed by atoms with Crippen LogP contribution in [0.15, 0.2) is 79.0 Å². The molecule has 5 nitrogen and oxygen atoms in total. The predicted molar refractivity (Wildman–Crippen MR) is 172 cm³/mol. The van der Waals surface area contributed by atoms with Crippen molar-refractivity contribution in [2.75, 3.05) is 6.61 Å². The molecule has 1 heterocycles. The molecule has 0 radical (unpaired) electrons. The van der Waals surface area contributed by atoms with E-state index in [0.717, 1.165) is 46.0 Å². The van der Waals surface area contributed by atoms with E-state index in [1.807, 2.05) is 42.6 Å². The second-order valence-electron chi connectivity index (χ2n) is 11.7. The van der Waals surface area contributed by atoms with Gasteiger partial charge in [-0.05, 0) is 107 Å². The summed E-state index contributed by atoms with van der Waals surface area (Å²) < 4.78 is 6.01. The number of phenolic OH excluding ortho intramolecular Hbond substituents is 2. The maximum Gasteiger partial charge on any atom is 0.161 e. The van der Waals surface area contributed by atoms with Crippen molar-refractivity contribution in [1.29, 1.82) is 0 Å². The standard InChI is InChI=1S/C37H45NO4/c1-4-5-6-27(8-7-26(2)3)9-14-32(39)15-10-28-11-18-36(41)37(23-28)42-22-20-29-12-16-33(40)25-34(29)30-13-17-35-31(24-30)19-21-38-35/h9,11-14,16-19,21,23-27,38,40-41H,4-8,10,15,20,22H2,1-3H3/b14-9+/t27-/m0/s1. The first kappa shape index (κ1) is 31.0. The Hall–Kier alpha value is -3.99. The fourth-order valence-electron chi connectivity index (χ4n) is 5.32. The Morgan fingerprint density at radius 1 is 0.952 bits per heavy atom. The van der Waals surface area contributed by atoms with Crippen molar-refractivity contribution in [2.24, 2.45) is 11.8 Å². The van der Waals surface area contributed by atoms with E-state index in [4.69, 9.17) is 4.74 Å². The number of ketones is 1. The predicted octanol–water partition coefficient (Wildman–Crippen LogP) is 9.17. The van der Waals surface area contributed by atoms with Crippen LogP contribution in [0.5, 0.6) is 17.2 Å². The molecular formula is C37H45NO4. The van der Waals surface area contributed by atoms with E-state index in [1.165, 1.54) is 19.3 Å². The molecule has 0 spiro atoms. The topological polar surface area (TPSA) is 82.6 Å². The Kier molecular flexibility index (Phi) is 11.3. The quantitative estimate of drug-likeness (QED) is 0.118. The van der Waals surface area contributed by atoms with Gasteiger partial charge >= 0.3 is 0 Å². The first-order valence-corrected chi connectivity index (χ1v) is 15.4. The third kappa shape index (κ3) is 9.01. The van der Waals surface area contributed by atoms with Gasteiger partial charge in [-0.25, -0.2) is 0 Å². The molecule has 1 aromatic heterocycles. The number of nitrogens with one attached hydrogen (secondary N) is 1. The number of fused-ring (bicyclic) bond motifs is 1. The van der Waals surface area contributed by atoms with Crippen molar-refractivity contribution >= 4 is 16.7 Å². The van der Waals surface area contributed by atoms with Crippen molar-refractivity contribution in [3.05, 3.63) is 90.1 Å². The summed E-state index contributed by atoms with van der Waals surface area (Å²) in [6.07, 6.45) is 13.3. The molecule has 4 rings (SSSR count). The molecule has 3 aromatic carbocycles. The number of carbonyl (C=O) groups is 1. The van der Waals surface area contributed by atoms with E-state index >= 15 is 0 Å². The smallest absolute Gasteiger partial charge is 0.161 e. The molecule has 222 valence electrons. The summed E-state index contributed by atoms with van der Waals surface area (Å²) in [6, 6.07) is 18.9. The van der Waals surface area contributed by atoms with Gasteiger partial charge in [0, 0.05) is 24.6 Å².